The number of para-hydroxylation sites is 1. The van der Waals surface area contributed by atoms with Crippen molar-refractivity contribution < 1.29 is 9.53 Å². The van der Waals surface area contributed by atoms with Gasteiger partial charge in [-0.3, -0.25) is 4.79 Å². The van der Waals surface area contributed by atoms with Crippen LogP contribution in [0, 0.1) is 0 Å². The van der Waals surface area contributed by atoms with E-state index in [-0.39, 0.29) is 11.9 Å². The van der Waals surface area contributed by atoms with Crippen LogP contribution in [0.1, 0.15) is 28.4 Å². The third-order valence-electron chi connectivity index (χ3n) is 3.62. The molecule has 2 aromatic rings. The zero-order chi connectivity index (χ0) is 14.7. The number of hydrogen-bond acceptors (Lipinski definition) is 3. The summed E-state index contributed by atoms with van der Waals surface area (Å²) in [5.74, 6) is 0.842. The van der Waals surface area contributed by atoms with Gasteiger partial charge in [0, 0.05) is 16.9 Å². The van der Waals surface area contributed by atoms with Gasteiger partial charge >= 0.3 is 0 Å². The lowest BCUT2D eigenvalue weighted by molar-refractivity contribution is 0.0922. The van der Waals surface area contributed by atoms with Gasteiger partial charge in [0.25, 0.3) is 5.91 Å². The summed E-state index contributed by atoms with van der Waals surface area (Å²) in [4.78, 5) is 13.5. The van der Waals surface area contributed by atoms with Gasteiger partial charge in [-0.1, -0.05) is 30.3 Å². The fourth-order valence-corrected chi connectivity index (χ4v) is 3.16. The molecule has 1 aliphatic heterocycles. The van der Waals surface area contributed by atoms with Gasteiger partial charge in [-0.05, 0) is 24.5 Å². The van der Waals surface area contributed by atoms with Crippen molar-refractivity contribution in [2.75, 3.05) is 12.9 Å². The van der Waals surface area contributed by atoms with Gasteiger partial charge in [-0.15, -0.1) is 11.8 Å². The van der Waals surface area contributed by atoms with E-state index in [1.165, 1.54) is 0 Å². The highest BCUT2D eigenvalue weighted by atomic mass is 32.2. The SMILES string of the molecule is CSc1ccccc1C(=O)N[C@@H]1CCOc2ccccc21. The minimum Gasteiger partial charge on any atom is -0.493 e. The summed E-state index contributed by atoms with van der Waals surface area (Å²) in [6.07, 6.45) is 2.78. The Hall–Kier alpha value is -1.94. The first-order valence-corrected chi connectivity index (χ1v) is 8.17. The summed E-state index contributed by atoms with van der Waals surface area (Å²) in [5, 5.41) is 3.13. The lowest BCUT2D eigenvalue weighted by Gasteiger charge is -2.26. The standard InChI is InChI=1S/C17H17NO2S/c1-21-16-9-5-3-7-13(16)17(19)18-14-10-11-20-15-8-4-2-6-12(14)15/h2-9,14H,10-11H2,1H3,(H,18,19)/t14-/m1/s1. The van der Waals surface area contributed by atoms with Crippen LogP contribution in [0.2, 0.25) is 0 Å². The summed E-state index contributed by atoms with van der Waals surface area (Å²) < 4.78 is 5.63. The number of nitrogens with one attached hydrogen (secondary N) is 1. The molecule has 0 unspecified atom stereocenters. The maximum atomic E-state index is 12.5. The van der Waals surface area contributed by atoms with Gasteiger partial charge in [-0.25, -0.2) is 0 Å². The van der Waals surface area contributed by atoms with Crippen molar-refractivity contribution in [2.24, 2.45) is 0 Å². The molecule has 0 spiro atoms. The number of hydrogen-bond donors (Lipinski definition) is 1. The first kappa shape index (κ1) is 14.0. The second-order valence-electron chi connectivity index (χ2n) is 4.90. The summed E-state index contributed by atoms with van der Waals surface area (Å²) >= 11 is 1.59. The average Bonchev–Trinajstić information content (AvgIpc) is 2.55. The van der Waals surface area contributed by atoms with Crippen LogP contribution in [0.4, 0.5) is 0 Å². The van der Waals surface area contributed by atoms with Crippen molar-refractivity contribution >= 4 is 17.7 Å². The number of amides is 1. The van der Waals surface area contributed by atoms with Crippen LogP contribution >= 0.6 is 11.8 Å². The van der Waals surface area contributed by atoms with E-state index in [0.717, 1.165) is 28.2 Å². The molecule has 3 rings (SSSR count). The van der Waals surface area contributed by atoms with Crippen molar-refractivity contribution in [1.82, 2.24) is 5.32 Å². The Labute approximate surface area is 128 Å². The highest BCUT2D eigenvalue weighted by molar-refractivity contribution is 7.98. The molecule has 0 saturated carbocycles. The van der Waals surface area contributed by atoms with Crippen LogP contribution in [0.3, 0.4) is 0 Å². The second kappa shape index (κ2) is 6.22. The maximum absolute atomic E-state index is 12.5. The van der Waals surface area contributed by atoms with Gasteiger partial charge in [0.05, 0.1) is 18.2 Å². The molecule has 0 aliphatic carbocycles. The first-order chi connectivity index (χ1) is 10.3. The Morgan fingerprint density at radius 2 is 1.95 bits per heavy atom. The van der Waals surface area contributed by atoms with Gasteiger partial charge in [0.15, 0.2) is 0 Å². The van der Waals surface area contributed by atoms with E-state index < -0.39 is 0 Å². The molecule has 108 valence electrons. The lowest BCUT2D eigenvalue weighted by atomic mass is 10.00. The third-order valence-corrected chi connectivity index (χ3v) is 4.41. The highest BCUT2D eigenvalue weighted by Crippen LogP contribution is 2.32. The van der Waals surface area contributed by atoms with Crippen LogP contribution in [0.15, 0.2) is 53.4 Å². The normalized spacial score (nSPS) is 16.7. The van der Waals surface area contributed by atoms with Crippen LogP contribution in [-0.4, -0.2) is 18.8 Å². The number of carbonyl (C=O) groups excluding carboxylic acids is 1. The highest BCUT2D eigenvalue weighted by Gasteiger charge is 2.23. The molecule has 1 N–H and O–H groups in total. The van der Waals surface area contributed by atoms with E-state index in [2.05, 4.69) is 5.32 Å². The number of thioether (sulfide) groups is 1. The average molecular weight is 299 g/mol. The number of rotatable bonds is 3. The van der Waals surface area contributed by atoms with Crippen molar-refractivity contribution in [1.29, 1.82) is 0 Å². The van der Waals surface area contributed by atoms with E-state index in [4.69, 9.17) is 4.74 Å². The van der Waals surface area contributed by atoms with Gasteiger partial charge in [-0.2, -0.15) is 0 Å². The Bertz CT molecular complexity index is 657. The predicted molar refractivity (Wildman–Crippen MR) is 85.0 cm³/mol. The monoisotopic (exact) mass is 299 g/mol. The zero-order valence-electron chi connectivity index (χ0n) is 11.8. The molecule has 2 aromatic carbocycles. The molecular formula is C17H17NO2S. The molecule has 0 fully saturated rings. The zero-order valence-corrected chi connectivity index (χ0v) is 12.7. The van der Waals surface area contributed by atoms with E-state index in [1.807, 2.05) is 54.8 Å². The molecule has 1 aliphatic rings. The van der Waals surface area contributed by atoms with E-state index in [1.54, 1.807) is 11.8 Å². The summed E-state index contributed by atoms with van der Waals surface area (Å²) in [7, 11) is 0. The summed E-state index contributed by atoms with van der Waals surface area (Å²) in [6.45, 7) is 0.631. The Balaban J connectivity index is 1.83. The predicted octanol–water partition coefficient (Wildman–Crippen LogP) is 3.66. The molecule has 4 heteroatoms. The van der Waals surface area contributed by atoms with Crippen LogP contribution in [-0.2, 0) is 0 Å². The van der Waals surface area contributed by atoms with E-state index >= 15 is 0 Å². The quantitative estimate of drug-likeness (QED) is 0.879. The van der Waals surface area contributed by atoms with Gasteiger partial charge in [0.2, 0.25) is 0 Å². The van der Waals surface area contributed by atoms with E-state index in [0.29, 0.717) is 6.61 Å². The van der Waals surface area contributed by atoms with Gasteiger partial charge in [0.1, 0.15) is 5.75 Å². The minimum atomic E-state index is -0.0262. The molecule has 0 bridgehead atoms. The number of carbonyl (C=O) groups is 1. The smallest absolute Gasteiger partial charge is 0.252 e. The Morgan fingerprint density at radius 3 is 2.81 bits per heavy atom. The minimum absolute atomic E-state index is 0.0114. The third kappa shape index (κ3) is 2.90. The molecule has 3 nitrogen and oxygen atoms in total. The molecule has 0 aromatic heterocycles. The molecule has 0 radical (unpaired) electrons. The fourth-order valence-electron chi connectivity index (χ4n) is 2.56. The maximum Gasteiger partial charge on any atom is 0.252 e. The molecule has 21 heavy (non-hydrogen) atoms. The molecule has 1 atom stereocenters. The van der Waals surface area contributed by atoms with Crippen molar-refractivity contribution in [3.05, 3.63) is 59.7 Å². The first-order valence-electron chi connectivity index (χ1n) is 6.95. The fraction of sp³-hybridized carbons (Fsp3) is 0.235. The Morgan fingerprint density at radius 1 is 1.19 bits per heavy atom. The number of benzene rings is 2. The van der Waals surface area contributed by atoms with Crippen LogP contribution in [0.25, 0.3) is 0 Å². The van der Waals surface area contributed by atoms with Crippen molar-refractivity contribution in [3.63, 3.8) is 0 Å². The van der Waals surface area contributed by atoms with E-state index in [9.17, 15) is 4.79 Å². The number of ether oxygens (including phenoxy) is 1. The van der Waals surface area contributed by atoms with Crippen molar-refractivity contribution in [3.8, 4) is 5.75 Å². The summed E-state index contributed by atoms with van der Waals surface area (Å²) in [6, 6.07) is 15.6. The topological polar surface area (TPSA) is 38.3 Å². The Kier molecular flexibility index (Phi) is 4.15. The molecule has 1 amide bonds. The molecule has 0 saturated heterocycles. The molecule has 1 heterocycles. The van der Waals surface area contributed by atoms with Crippen LogP contribution < -0.4 is 10.1 Å². The molecular weight excluding hydrogens is 282 g/mol. The van der Waals surface area contributed by atoms with Crippen LogP contribution in [0.5, 0.6) is 5.75 Å². The largest absolute Gasteiger partial charge is 0.493 e. The van der Waals surface area contributed by atoms with Gasteiger partial charge < -0.3 is 10.1 Å². The van der Waals surface area contributed by atoms with Crippen molar-refractivity contribution in [2.45, 2.75) is 17.4 Å². The summed E-state index contributed by atoms with van der Waals surface area (Å²) in [5.41, 5.74) is 1.78. The lowest BCUT2D eigenvalue weighted by Crippen LogP contribution is -2.32. The number of fused-ring (bicyclic) bond motifs is 1. The second-order valence-corrected chi connectivity index (χ2v) is 5.75.